The highest BCUT2D eigenvalue weighted by molar-refractivity contribution is 5.90. The first kappa shape index (κ1) is 31.3. The Morgan fingerprint density at radius 1 is 0.972 bits per heavy atom. The molecule has 1 rings (SSSR count). The Hall–Kier alpha value is -2.77. The van der Waals surface area contributed by atoms with Gasteiger partial charge in [-0.25, -0.2) is 4.79 Å². The lowest BCUT2D eigenvalue weighted by molar-refractivity contribution is -0.140. The van der Waals surface area contributed by atoms with Gasteiger partial charge in [-0.1, -0.05) is 64.5 Å². The van der Waals surface area contributed by atoms with Crippen molar-refractivity contribution >= 4 is 17.9 Å². The fraction of sp³-hybridized carbons (Fsp3) is 0.679. The van der Waals surface area contributed by atoms with Crippen molar-refractivity contribution in [2.45, 2.75) is 111 Å². The molecule has 0 bridgehead atoms. The van der Waals surface area contributed by atoms with Crippen molar-refractivity contribution in [1.82, 2.24) is 15.5 Å². The molecule has 0 heterocycles. The molecule has 3 N–H and O–H groups in total. The molecule has 0 aliphatic heterocycles. The van der Waals surface area contributed by atoms with Crippen LogP contribution >= 0.6 is 0 Å². The maximum Gasteiger partial charge on any atom is 0.408 e. The number of benzene rings is 1. The summed E-state index contributed by atoms with van der Waals surface area (Å²) in [4.78, 5) is 40.6. The lowest BCUT2D eigenvalue weighted by atomic mass is 10.0. The van der Waals surface area contributed by atoms with E-state index in [2.05, 4.69) is 24.5 Å². The van der Waals surface area contributed by atoms with Crippen LogP contribution in [-0.2, 0) is 14.3 Å². The van der Waals surface area contributed by atoms with Crippen molar-refractivity contribution in [3.63, 3.8) is 0 Å². The van der Waals surface area contributed by atoms with Gasteiger partial charge < -0.3 is 25.4 Å². The van der Waals surface area contributed by atoms with E-state index in [0.29, 0.717) is 12.1 Å². The summed E-state index contributed by atoms with van der Waals surface area (Å²) in [7, 11) is 0. The average Bonchev–Trinajstić information content (AvgIpc) is 2.79. The number of amides is 3. The number of ether oxygens (including phenoxy) is 1. The van der Waals surface area contributed by atoms with Crippen molar-refractivity contribution in [3.05, 3.63) is 29.8 Å². The number of phenols is 1. The second kappa shape index (κ2) is 16.1. The smallest absolute Gasteiger partial charge is 0.408 e. The van der Waals surface area contributed by atoms with E-state index in [1.165, 1.54) is 23.5 Å². The summed E-state index contributed by atoms with van der Waals surface area (Å²) < 4.78 is 5.26. The molecule has 1 aromatic carbocycles. The van der Waals surface area contributed by atoms with Gasteiger partial charge in [0.15, 0.2) is 0 Å². The molecule has 36 heavy (non-hydrogen) atoms. The van der Waals surface area contributed by atoms with Crippen LogP contribution in [-0.4, -0.2) is 52.6 Å². The normalized spacial score (nSPS) is 12.9. The zero-order chi connectivity index (χ0) is 27.1. The summed E-state index contributed by atoms with van der Waals surface area (Å²) in [5, 5.41) is 15.3. The topological polar surface area (TPSA) is 108 Å². The minimum atomic E-state index is -0.881. The molecular weight excluding hydrogens is 458 g/mol. The van der Waals surface area contributed by atoms with Crippen LogP contribution < -0.4 is 10.6 Å². The third kappa shape index (κ3) is 12.3. The predicted octanol–water partition coefficient (Wildman–Crippen LogP) is 5.45. The minimum Gasteiger partial charge on any atom is -0.508 e. The van der Waals surface area contributed by atoms with Gasteiger partial charge in [0.2, 0.25) is 11.8 Å². The molecule has 0 spiro atoms. The highest BCUT2D eigenvalue weighted by Gasteiger charge is 2.32. The van der Waals surface area contributed by atoms with Crippen molar-refractivity contribution in [1.29, 1.82) is 0 Å². The Morgan fingerprint density at radius 3 is 2.17 bits per heavy atom. The highest BCUT2D eigenvalue weighted by atomic mass is 16.6. The van der Waals surface area contributed by atoms with E-state index in [1.54, 1.807) is 32.9 Å². The number of nitrogens with zero attached hydrogens (tertiary/aromatic N) is 1. The molecule has 3 amide bonds. The fourth-order valence-electron chi connectivity index (χ4n) is 3.98. The molecule has 8 heteroatoms. The van der Waals surface area contributed by atoms with Gasteiger partial charge in [-0.2, -0.15) is 0 Å². The second-order valence-corrected chi connectivity index (χ2v) is 10.4. The number of rotatable bonds is 15. The lowest BCUT2D eigenvalue weighted by Crippen LogP contribution is -2.49. The number of unbranched alkanes of at least 4 members (excludes halogenated alkanes) is 5. The van der Waals surface area contributed by atoms with Gasteiger partial charge in [-0.15, -0.1) is 0 Å². The quantitative estimate of drug-likeness (QED) is 0.275. The number of carbonyl (C=O) groups is 3. The van der Waals surface area contributed by atoms with E-state index >= 15 is 0 Å². The molecule has 2 atom stereocenters. The Morgan fingerprint density at radius 2 is 1.58 bits per heavy atom. The first-order valence-electron chi connectivity index (χ1n) is 13.3. The van der Waals surface area contributed by atoms with E-state index in [1.807, 2.05) is 6.92 Å². The third-order valence-corrected chi connectivity index (χ3v) is 5.73. The Balaban J connectivity index is 3.15. The van der Waals surface area contributed by atoms with Crippen LogP contribution in [0.3, 0.4) is 0 Å². The van der Waals surface area contributed by atoms with Gasteiger partial charge >= 0.3 is 6.09 Å². The number of hydrogen-bond acceptors (Lipinski definition) is 5. The van der Waals surface area contributed by atoms with Gasteiger partial charge in [-0.05, 0) is 58.2 Å². The number of alkyl carbamates (subject to hydrolysis) is 1. The van der Waals surface area contributed by atoms with Gasteiger partial charge in [0.1, 0.15) is 23.9 Å². The monoisotopic (exact) mass is 505 g/mol. The average molecular weight is 506 g/mol. The molecule has 0 aliphatic carbocycles. The third-order valence-electron chi connectivity index (χ3n) is 5.73. The maximum absolute atomic E-state index is 13.5. The molecule has 0 saturated carbocycles. The Bertz CT molecular complexity index is 804. The van der Waals surface area contributed by atoms with Crippen molar-refractivity contribution < 1.29 is 24.2 Å². The van der Waals surface area contributed by atoms with Crippen LogP contribution in [0.15, 0.2) is 24.3 Å². The number of phenolic OH excluding ortho intramolecular Hbond substituents is 1. The SMILES string of the molecule is CCCCCCCCN(C(=O)CNC(=O)OC(C)(C)C)C(C(=O)NC(C)CCC)c1ccc(O)cc1. The summed E-state index contributed by atoms with van der Waals surface area (Å²) in [6, 6.07) is 5.41. The summed E-state index contributed by atoms with van der Waals surface area (Å²) in [5.41, 5.74) is -0.0829. The zero-order valence-electron chi connectivity index (χ0n) is 23.1. The van der Waals surface area contributed by atoms with E-state index in [0.717, 1.165) is 44.9 Å². The maximum atomic E-state index is 13.5. The summed E-state index contributed by atoms with van der Waals surface area (Å²) in [6.07, 6.45) is 7.28. The van der Waals surface area contributed by atoms with Crippen LogP contribution in [0.5, 0.6) is 5.75 Å². The lowest BCUT2D eigenvalue weighted by Gasteiger charge is -2.32. The van der Waals surface area contributed by atoms with Crippen molar-refractivity contribution in [3.8, 4) is 5.75 Å². The number of carbonyl (C=O) groups excluding carboxylic acids is 3. The zero-order valence-corrected chi connectivity index (χ0v) is 23.1. The molecule has 204 valence electrons. The number of hydrogen-bond donors (Lipinski definition) is 3. The molecule has 0 fully saturated rings. The molecule has 0 saturated heterocycles. The van der Waals surface area contributed by atoms with Crippen molar-refractivity contribution in [2.75, 3.05) is 13.1 Å². The van der Waals surface area contributed by atoms with Crippen LogP contribution in [0.25, 0.3) is 0 Å². The predicted molar refractivity (Wildman–Crippen MR) is 143 cm³/mol. The van der Waals surface area contributed by atoms with E-state index in [9.17, 15) is 19.5 Å². The molecule has 0 radical (unpaired) electrons. The first-order valence-corrected chi connectivity index (χ1v) is 13.3. The van der Waals surface area contributed by atoms with Gasteiger partial charge in [-0.3, -0.25) is 9.59 Å². The summed E-state index contributed by atoms with van der Waals surface area (Å²) in [6.45, 7) is 11.5. The fourth-order valence-corrected chi connectivity index (χ4v) is 3.98. The standard InChI is InChI=1S/C28H47N3O5/c1-7-9-10-11-12-13-19-31(24(33)20-29-27(35)36-28(4,5)6)25(22-15-17-23(32)18-16-22)26(34)30-21(3)14-8-2/h15-18,21,25,32H,7-14,19-20H2,1-6H3,(H,29,35)(H,30,34). The van der Waals surface area contributed by atoms with Crippen LogP contribution in [0.1, 0.15) is 105 Å². The summed E-state index contributed by atoms with van der Waals surface area (Å²) in [5.74, 6) is -0.568. The Kier molecular flexibility index (Phi) is 14.0. The molecular formula is C28H47N3O5. The molecule has 0 aromatic heterocycles. The van der Waals surface area contributed by atoms with Gasteiger partial charge in [0.25, 0.3) is 0 Å². The largest absolute Gasteiger partial charge is 0.508 e. The molecule has 2 unspecified atom stereocenters. The highest BCUT2D eigenvalue weighted by Crippen LogP contribution is 2.25. The molecule has 0 aliphatic rings. The first-order chi connectivity index (χ1) is 17.0. The van der Waals surface area contributed by atoms with Crippen LogP contribution in [0.4, 0.5) is 4.79 Å². The van der Waals surface area contributed by atoms with Crippen LogP contribution in [0, 0.1) is 0 Å². The van der Waals surface area contributed by atoms with E-state index in [4.69, 9.17) is 4.74 Å². The number of nitrogens with one attached hydrogen (secondary N) is 2. The molecule has 8 nitrogen and oxygen atoms in total. The minimum absolute atomic E-state index is 0.0481. The molecule has 1 aromatic rings. The van der Waals surface area contributed by atoms with E-state index in [-0.39, 0.29) is 30.2 Å². The number of aromatic hydroxyl groups is 1. The van der Waals surface area contributed by atoms with Crippen molar-refractivity contribution in [2.24, 2.45) is 0 Å². The van der Waals surface area contributed by atoms with Crippen LogP contribution in [0.2, 0.25) is 0 Å². The second-order valence-electron chi connectivity index (χ2n) is 10.4. The van der Waals surface area contributed by atoms with E-state index < -0.39 is 17.7 Å². The van der Waals surface area contributed by atoms with Gasteiger partial charge in [0.05, 0.1) is 0 Å². The summed E-state index contributed by atoms with van der Waals surface area (Å²) >= 11 is 0. The van der Waals surface area contributed by atoms with Gasteiger partial charge in [0, 0.05) is 12.6 Å². The Labute approximate surface area is 217 Å².